The molecule has 47 heavy (non-hydrogen) atoms. The first-order chi connectivity index (χ1) is 22.9. The Hall–Kier alpha value is -3.27. The van der Waals surface area contributed by atoms with Crippen molar-refractivity contribution in [2.75, 3.05) is 64.6 Å². The summed E-state index contributed by atoms with van der Waals surface area (Å²) in [6.45, 7) is 9.28. The molecule has 3 fully saturated rings. The van der Waals surface area contributed by atoms with Crippen LogP contribution in [0.5, 0.6) is 0 Å². The van der Waals surface area contributed by atoms with Crippen LogP contribution in [0.25, 0.3) is 27.8 Å². The van der Waals surface area contributed by atoms with Crippen molar-refractivity contribution in [3.63, 3.8) is 0 Å². The molecule has 4 N–H and O–H groups in total. The Bertz CT molecular complexity index is 1730. The van der Waals surface area contributed by atoms with Gasteiger partial charge in [0.05, 0.1) is 22.8 Å². The highest BCUT2D eigenvalue weighted by Crippen LogP contribution is 2.39. The first-order valence-electron chi connectivity index (χ1n) is 17.1. The third-order valence-electron chi connectivity index (χ3n) is 10.4. The Morgan fingerprint density at radius 1 is 1.00 bits per heavy atom. The van der Waals surface area contributed by atoms with E-state index in [0.29, 0.717) is 17.7 Å². The van der Waals surface area contributed by atoms with Gasteiger partial charge in [-0.2, -0.15) is 0 Å². The van der Waals surface area contributed by atoms with E-state index in [9.17, 15) is 0 Å². The third-order valence-corrected chi connectivity index (χ3v) is 10.9. The molecule has 2 unspecified atom stereocenters. The average Bonchev–Trinajstić information content (AvgIpc) is 3.41. The summed E-state index contributed by atoms with van der Waals surface area (Å²) in [6.07, 6.45) is 7.26. The number of anilines is 1. The summed E-state index contributed by atoms with van der Waals surface area (Å²) >= 11 is 0. The number of hydrogen-bond acceptors (Lipinski definition) is 9. The highest BCUT2D eigenvalue weighted by atomic mass is 31.0. The molecule has 3 aromatic heterocycles. The molecular formula is C36H49N8O2P. The molecular weight excluding hydrogens is 607 g/mol. The highest BCUT2D eigenvalue weighted by Gasteiger charge is 2.30. The van der Waals surface area contributed by atoms with Crippen molar-refractivity contribution >= 4 is 48.1 Å². The molecule has 250 valence electrons. The zero-order chi connectivity index (χ0) is 32.5. The molecule has 3 aliphatic rings. The van der Waals surface area contributed by atoms with Gasteiger partial charge in [-0.15, -0.1) is 9.24 Å². The monoisotopic (exact) mass is 656 g/mol. The summed E-state index contributed by atoms with van der Waals surface area (Å²) in [5.74, 6) is 7.87. The lowest BCUT2D eigenvalue weighted by molar-refractivity contribution is 0.0321. The number of rotatable bonds is 8. The molecule has 1 aromatic carbocycles. The van der Waals surface area contributed by atoms with E-state index in [2.05, 4.69) is 66.1 Å². The fourth-order valence-electron chi connectivity index (χ4n) is 7.95. The van der Waals surface area contributed by atoms with Gasteiger partial charge in [0.1, 0.15) is 11.5 Å². The van der Waals surface area contributed by atoms with E-state index < -0.39 is 0 Å². The standard InChI is InChI=1S/C36H49N8O2P/c1-24(37)35(41(2)38)26-22-31-34(39-23-26)29-7-8-33(43-15-13-42(14-16-43)27-11-19-46-20-12-27)40-36(29)44(31)30(21-25-9-17-45-18-10-25)28-5-3-4-6-32(28)47/h3-8,22-23,25,27,30H,9-21,37-38,47H2,1-2H3/b35-24-. The fraction of sp³-hybridized carbons (Fsp3) is 0.500. The Balaban J connectivity index is 1.36. The SMILES string of the molecule is C/C(N)=C(\c1cnc2c3ccc(N4CCN(C5CCOCC5)CC4)nc3n(C(CC3CCOCC3)c3ccccc3P)c2c1)N(C)N. The zero-order valence-corrected chi connectivity index (χ0v) is 28.9. The van der Waals surface area contributed by atoms with Crippen LogP contribution in [0.2, 0.25) is 0 Å². The molecule has 10 nitrogen and oxygen atoms in total. The lowest BCUT2D eigenvalue weighted by Gasteiger charge is -2.41. The molecule has 0 bridgehead atoms. The van der Waals surface area contributed by atoms with E-state index >= 15 is 0 Å². The van der Waals surface area contributed by atoms with Gasteiger partial charge in [0.2, 0.25) is 0 Å². The minimum absolute atomic E-state index is 0.0546. The Morgan fingerprint density at radius 2 is 1.70 bits per heavy atom. The van der Waals surface area contributed by atoms with Gasteiger partial charge < -0.3 is 29.7 Å². The lowest BCUT2D eigenvalue weighted by atomic mass is 9.89. The first-order valence-corrected chi connectivity index (χ1v) is 17.7. The number of allylic oxidation sites excluding steroid dienone is 1. The van der Waals surface area contributed by atoms with Gasteiger partial charge in [0.25, 0.3) is 0 Å². The van der Waals surface area contributed by atoms with Gasteiger partial charge in [0, 0.05) is 88.5 Å². The molecule has 4 aromatic rings. The number of nitrogens with two attached hydrogens (primary N) is 2. The number of hydrogen-bond donors (Lipinski definition) is 2. The third kappa shape index (κ3) is 6.59. The van der Waals surface area contributed by atoms with Crippen LogP contribution < -0.4 is 21.8 Å². The van der Waals surface area contributed by atoms with Gasteiger partial charge in [-0.25, -0.2) is 10.8 Å². The zero-order valence-electron chi connectivity index (χ0n) is 27.8. The summed E-state index contributed by atoms with van der Waals surface area (Å²) in [7, 11) is 4.80. The summed E-state index contributed by atoms with van der Waals surface area (Å²) in [5.41, 5.74) is 12.9. The van der Waals surface area contributed by atoms with Crippen LogP contribution >= 0.6 is 9.24 Å². The largest absolute Gasteiger partial charge is 0.401 e. The van der Waals surface area contributed by atoms with E-state index in [1.165, 1.54) is 10.9 Å². The van der Waals surface area contributed by atoms with Gasteiger partial charge in [0.15, 0.2) is 0 Å². The van der Waals surface area contributed by atoms with Crippen LogP contribution in [0, 0.1) is 5.92 Å². The second-order valence-corrected chi connectivity index (χ2v) is 14.1. The minimum atomic E-state index is 0.0546. The van der Waals surface area contributed by atoms with Gasteiger partial charge in [-0.3, -0.25) is 9.88 Å². The van der Waals surface area contributed by atoms with Crippen molar-refractivity contribution < 1.29 is 9.47 Å². The maximum absolute atomic E-state index is 6.36. The maximum Gasteiger partial charge on any atom is 0.145 e. The molecule has 0 radical (unpaired) electrons. The van der Waals surface area contributed by atoms with E-state index in [1.807, 2.05) is 20.2 Å². The van der Waals surface area contributed by atoms with Crippen molar-refractivity contribution in [2.24, 2.45) is 17.5 Å². The van der Waals surface area contributed by atoms with Crippen LogP contribution in [-0.4, -0.2) is 90.1 Å². The summed E-state index contributed by atoms with van der Waals surface area (Å²) in [6, 6.07) is 16.0. The highest BCUT2D eigenvalue weighted by molar-refractivity contribution is 7.27. The number of piperazine rings is 1. The maximum atomic E-state index is 6.36. The van der Waals surface area contributed by atoms with Gasteiger partial charge >= 0.3 is 0 Å². The smallest absolute Gasteiger partial charge is 0.145 e. The van der Waals surface area contributed by atoms with Gasteiger partial charge in [-0.05, 0) is 74.0 Å². The molecule has 7 rings (SSSR count). The predicted molar refractivity (Wildman–Crippen MR) is 193 cm³/mol. The van der Waals surface area contributed by atoms with Crippen LogP contribution in [0.3, 0.4) is 0 Å². The summed E-state index contributed by atoms with van der Waals surface area (Å²) < 4.78 is 13.9. The van der Waals surface area contributed by atoms with Crippen molar-refractivity contribution in [1.29, 1.82) is 0 Å². The molecule has 6 heterocycles. The van der Waals surface area contributed by atoms with Crippen molar-refractivity contribution in [1.82, 2.24) is 24.4 Å². The van der Waals surface area contributed by atoms with Crippen molar-refractivity contribution in [2.45, 2.75) is 51.1 Å². The molecule has 3 aliphatic heterocycles. The Kier molecular flexibility index (Phi) is 9.66. The number of fused-ring (bicyclic) bond motifs is 3. The van der Waals surface area contributed by atoms with E-state index in [4.69, 9.17) is 31.0 Å². The van der Waals surface area contributed by atoms with Crippen LogP contribution in [0.4, 0.5) is 5.82 Å². The van der Waals surface area contributed by atoms with Gasteiger partial charge in [-0.1, -0.05) is 24.3 Å². The summed E-state index contributed by atoms with van der Waals surface area (Å²) in [5, 5.41) is 3.84. The Labute approximate surface area is 280 Å². The van der Waals surface area contributed by atoms with Crippen molar-refractivity contribution in [3.8, 4) is 0 Å². The number of benzene rings is 1. The molecule has 0 spiro atoms. The summed E-state index contributed by atoms with van der Waals surface area (Å²) in [4.78, 5) is 15.7. The molecule has 2 atom stereocenters. The number of pyridine rings is 2. The average molecular weight is 657 g/mol. The van der Waals surface area contributed by atoms with Crippen LogP contribution in [0.1, 0.15) is 56.2 Å². The minimum Gasteiger partial charge on any atom is -0.401 e. The number of ether oxygens (including phenoxy) is 2. The first kappa shape index (κ1) is 32.3. The van der Waals surface area contributed by atoms with E-state index in [1.54, 1.807) is 5.01 Å². The second-order valence-electron chi connectivity index (χ2n) is 13.4. The van der Waals surface area contributed by atoms with E-state index in [0.717, 1.165) is 124 Å². The number of aromatic nitrogens is 3. The molecule has 0 amide bonds. The number of hydrazine groups is 1. The second kappa shape index (κ2) is 14.1. The predicted octanol–water partition coefficient (Wildman–Crippen LogP) is 4.24. The van der Waals surface area contributed by atoms with Crippen LogP contribution in [-0.2, 0) is 9.47 Å². The molecule has 0 saturated carbocycles. The lowest BCUT2D eigenvalue weighted by Crippen LogP contribution is -2.51. The molecule has 11 heteroatoms. The van der Waals surface area contributed by atoms with E-state index in [-0.39, 0.29) is 6.04 Å². The molecule has 0 aliphatic carbocycles. The topological polar surface area (TPSA) is 111 Å². The normalized spacial score (nSPS) is 20.1. The molecule has 3 saturated heterocycles. The van der Waals surface area contributed by atoms with Crippen LogP contribution in [0.15, 0.2) is 54.4 Å². The number of nitrogens with zero attached hydrogens (tertiary/aromatic N) is 6. The Morgan fingerprint density at radius 3 is 2.38 bits per heavy atom. The van der Waals surface area contributed by atoms with Crippen molar-refractivity contribution in [3.05, 3.63) is 65.5 Å². The fourth-order valence-corrected chi connectivity index (χ4v) is 8.35. The quantitative estimate of drug-likeness (QED) is 0.164.